The van der Waals surface area contributed by atoms with Crippen molar-refractivity contribution in [2.45, 2.75) is 44.2 Å². The molecule has 2 aromatic carbocycles. The summed E-state index contributed by atoms with van der Waals surface area (Å²) in [5.41, 5.74) is 1.71. The monoisotopic (exact) mass is 438 g/mol. The molecule has 2 aliphatic rings. The summed E-state index contributed by atoms with van der Waals surface area (Å²) in [5.74, 6) is 1.53. The normalized spacial score (nSPS) is 18.5. The highest BCUT2D eigenvalue weighted by atomic mass is 16.5. The summed E-state index contributed by atoms with van der Waals surface area (Å²) in [6, 6.07) is 12.6. The highest BCUT2D eigenvalue weighted by molar-refractivity contribution is 5.90. The van der Waals surface area contributed by atoms with Crippen molar-refractivity contribution in [3.05, 3.63) is 53.6 Å². The second-order valence-electron chi connectivity index (χ2n) is 8.25. The lowest BCUT2D eigenvalue weighted by Gasteiger charge is -2.30. The van der Waals surface area contributed by atoms with Gasteiger partial charge in [0.05, 0.1) is 14.2 Å². The first-order chi connectivity index (χ1) is 15.6. The Hall–Kier alpha value is -3.22. The van der Waals surface area contributed by atoms with Crippen molar-refractivity contribution < 1.29 is 23.8 Å². The standard InChI is InChI=1S/C25H30N2O5/c1-30-21-12-11-17(15-22(21)31-2)13-14-27-23(28)16-32-20-10-6-5-9-19(20)24(27)25(29)26-18-7-3-4-8-18/h5-6,9-12,15,18,24H,3-4,7-8,13-14,16H2,1-2H3,(H,26,29). The summed E-state index contributed by atoms with van der Waals surface area (Å²) >= 11 is 0. The number of para-hydroxylation sites is 1. The van der Waals surface area contributed by atoms with Gasteiger partial charge in [0.15, 0.2) is 18.1 Å². The molecule has 2 amide bonds. The zero-order valence-electron chi connectivity index (χ0n) is 18.6. The molecule has 2 aromatic rings. The molecule has 4 rings (SSSR count). The molecule has 7 nitrogen and oxygen atoms in total. The van der Waals surface area contributed by atoms with E-state index in [1.54, 1.807) is 19.1 Å². The minimum atomic E-state index is -0.720. The number of fused-ring (bicyclic) bond motifs is 1. The van der Waals surface area contributed by atoms with E-state index < -0.39 is 6.04 Å². The Balaban J connectivity index is 1.60. The molecule has 1 saturated carbocycles. The van der Waals surface area contributed by atoms with Crippen LogP contribution in [0.5, 0.6) is 17.2 Å². The number of carbonyl (C=O) groups is 2. The Bertz CT molecular complexity index is 971. The fraction of sp³-hybridized carbons (Fsp3) is 0.440. The van der Waals surface area contributed by atoms with Crippen molar-refractivity contribution in [3.63, 3.8) is 0 Å². The minimum absolute atomic E-state index is 0.0871. The van der Waals surface area contributed by atoms with E-state index in [2.05, 4.69) is 5.32 Å². The van der Waals surface area contributed by atoms with E-state index in [1.807, 2.05) is 42.5 Å². The molecule has 0 bridgehead atoms. The maximum absolute atomic E-state index is 13.4. The van der Waals surface area contributed by atoms with Gasteiger partial charge in [0.25, 0.3) is 5.91 Å². The van der Waals surface area contributed by atoms with Crippen LogP contribution in [0, 0.1) is 0 Å². The molecule has 7 heteroatoms. The van der Waals surface area contributed by atoms with Gasteiger partial charge in [-0.05, 0) is 43.0 Å². The molecule has 32 heavy (non-hydrogen) atoms. The number of rotatable bonds is 7. The lowest BCUT2D eigenvalue weighted by atomic mass is 10.0. The van der Waals surface area contributed by atoms with Crippen LogP contribution in [0.25, 0.3) is 0 Å². The minimum Gasteiger partial charge on any atom is -0.493 e. The second-order valence-corrected chi connectivity index (χ2v) is 8.25. The van der Waals surface area contributed by atoms with Crippen molar-refractivity contribution in [1.29, 1.82) is 0 Å². The van der Waals surface area contributed by atoms with Gasteiger partial charge in [0.1, 0.15) is 11.8 Å². The zero-order chi connectivity index (χ0) is 22.5. The quantitative estimate of drug-likeness (QED) is 0.718. The number of ether oxygens (including phenoxy) is 3. The molecule has 0 aromatic heterocycles. The SMILES string of the molecule is COc1ccc(CCN2C(=O)COc3ccccc3C2C(=O)NC2CCCC2)cc1OC. The fourth-order valence-corrected chi connectivity index (χ4v) is 4.54. The number of benzene rings is 2. The van der Waals surface area contributed by atoms with E-state index in [-0.39, 0.29) is 24.5 Å². The average Bonchev–Trinajstić information content (AvgIpc) is 3.28. The highest BCUT2D eigenvalue weighted by Gasteiger charge is 2.37. The van der Waals surface area contributed by atoms with Crippen LogP contribution in [0.3, 0.4) is 0 Å². The van der Waals surface area contributed by atoms with Gasteiger partial charge in [0, 0.05) is 18.2 Å². The third kappa shape index (κ3) is 4.66. The largest absolute Gasteiger partial charge is 0.493 e. The molecule has 1 aliphatic carbocycles. The molecule has 1 N–H and O–H groups in total. The number of nitrogens with zero attached hydrogens (tertiary/aromatic N) is 1. The van der Waals surface area contributed by atoms with Crippen LogP contribution in [0.1, 0.15) is 42.9 Å². The summed E-state index contributed by atoms with van der Waals surface area (Å²) in [6.07, 6.45) is 4.78. The Morgan fingerprint density at radius 3 is 2.59 bits per heavy atom. The third-order valence-electron chi connectivity index (χ3n) is 6.24. The van der Waals surface area contributed by atoms with Gasteiger partial charge < -0.3 is 24.4 Å². The third-order valence-corrected chi connectivity index (χ3v) is 6.24. The Kier molecular flexibility index (Phi) is 6.83. The van der Waals surface area contributed by atoms with Gasteiger partial charge in [-0.25, -0.2) is 0 Å². The first-order valence-electron chi connectivity index (χ1n) is 11.1. The Morgan fingerprint density at radius 2 is 1.84 bits per heavy atom. The lowest BCUT2D eigenvalue weighted by molar-refractivity contribution is -0.141. The van der Waals surface area contributed by atoms with E-state index in [0.717, 1.165) is 36.8 Å². The molecule has 0 saturated heterocycles. The van der Waals surface area contributed by atoms with Gasteiger partial charge in [-0.3, -0.25) is 9.59 Å². The first kappa shape index (κ1) is 22.0. The predicted octanol–water partition coefficient (Wildman–Crippen LogP) is 3.27. The van der Waals surface area contributed by atoms with Crippen molar-refractivity contribution in [3.8, 4) is 17.2 Å². The van der Waals surface area contributed by atoms with Crippen LogP contribution < -0.4 is 19.5 Å². The van der Waals surface area contributed by atoms with Crippen molar-refractivity contribution in [1.82, 2.24) is 10.2 Å². The highest BCUT2D eigenvalue weighted by Crippen LogP contribution is 2.34. The maximum atomic E-state index is 13.4. The van der Waals surface area contributed by atoms with Gasteiger partial charge in [-0.15, -0.1) is 0 Å². The Morgan fingerprint density at radius 1 is 1.09 bits per heavy atom. The molecule has 1 unspecified atom stereocenters. The second kappa shape index (κ2) is 9.94. The van der Waals surface area contributed by atoms with E-state index in [4.69, 9.17) is 14.2 Å². The summed E-state index contributed by atoms with van der Waals surface area (Å²) in [6.45, 7) is 0.297. The molecule has 1 heterocycles. The average molecular weight is 439 g/mol. The van der Waals surface area contributed by atoms with Crippen molar-refractivity contribution in [2.24, 2.45) is 0 Å². The number of nitrogens with one attached hydrogen (secondary N) is 1. The Labute approximate surface area is 188 Å². The smallest absolute Gasteiger partial charge is 0.261 e. The summed E-state index contributed by atoms with van der Waals surface area (Å²) in [7, 11) is 3.19. The van der Waals surface area contributed by atoms with E-state index >= 15 is 0 Å². The number of amides is 2. The molecule has 0 spiro atoms. The molecular formula is C25H30N2O5. The van der Waals surface area contributed by atoms with Gasteiger partial charge in [-0.1, -0.05) is 37.1 Å². The van der Waals surface area contributed by atoms with Gasteiger partial charge in [-0.2, -0.15) is 0 Å². The van der Waals surface area contributed by atoms with E-state index in [1.165, 1.54) is 0 Å². The van der Waals surface area contributed by atoms with Gasteiger partial charge >= 0.3 is 0 Å². The molecule has 1 fully saturated rings. The van der Waals surface area contributed by atoms with E-state index in [9.17, 15) is 9.59 Å². The van der Waals surface area contributed by atoms with Crippen molar-refractivity contribution >= 4 is 11.8 Å². The van der Waals surface area contributed by atoms with Crippen LogP contribution in [0.2, 0.25) is 0 Å². The summed E-state index contributed by atoms with van der Waals surface area (Å²) in [4.78, 5) is 28.1. The van der Waals surface area contributed by atoms with Gasteiger partial charge in [0.2, 0.25) is 5.91 Å². The molecule has 0 radical (unpaired) electrons. The lowest BCUT2D eigenvalue weighted by Crippen LogP contribution is -2.46. The topological polar surface area (TPSA) is 77.1 Å². The predicted molar refractivity (Wildman–Crippen MR) is 120 cm³/mol. The van der Waals surface area contributed by atoms with Crippen LogP contribution in [0.4, 0.5) is 0 Å². The fourth-order valence-electron chi connectivity index (χ4n) is 4.54. The molecular weight excluding hydrogens is 408 g/mol. The van der Waals surface area contributed by atoms with Crippen LogP contribution in [0.15, 0.2) is 42.5 Å². The summed E-state index contributed by atoms with van der Waals surface area (Å²) in [5, 5.41) is 3.17. The maximum Gasteiger partial charge on any atom is 0.261 e. The van der Waals surface area contributed by atoms with Crippen LogP contribution in [-0.2, 0) is 16.0 Å². The van der Waals surface area contributed by atoms with Crippen LogP contribution >= 0.6 is 0 Å². The zero-order valence-corrected chi connectivity index (χ0v) is 18.6. The number of hydrogen-bond donors (Lipinski definition) is 1. The number of carbonyl (C=O) groups excluding carboxylic acids is 2. The first-order valence-corrected chi connectivity index (χ1v) is 11.1. The van der Waals surface area contributed by atoms with Crippen LogP contribution in [-0.4, -0.2) is 50.1 Å². The summed E-state index contributed by atoms with van der Waals surface area (Å²) < 4.78 is 16.5. The molecule has 1 aliphatic heterocycles. The molecule has 170 valence electrons. The van der Waals surface area contributed by atoms with Crippen molar-refractivity contribution in [2.75, 3.05) is 27.4 Å². The number of methoxy groups -OCH3 is 2. The number of hydrogen-bond acceptors (Lipinski definition) is 5. The molecule has 1 atom stereocenters. The van der Waals surface area contributed by atoms with E-state index in [0.29, 0.717) is 30.2 Å².